The monoisotopic (exact) mass is 248 g/mol. The fraction of sp³-hybridized carbons (Fsp3) is 0.500. The van der Waals surface area contributed by atoms with Gasteiger partial charge in [-0.3, -0.25) is 4.79 Å². The van der Waals surface area contributed by atoms with Crippen LogP contribution in [0.15, 0.2) is 18.2 Å². The first-order valence-electron chi connectivity index (χ1n) is 6.38. The first kappa shape index (κ1) is 12.9. The second-order valence-corrected chi connectivity index (χ2v) is 5.01. The van der Waals surface area contributed by atoms with E-state index in [1.807, 2.05) is 17.9 Å². The number of carbonyl (C=O) groups is 1. The van der Waals surface area contributed by atoms with Crippen molar-refractivity contribution in [1.29, 1.82) is 0 Å². The minimum atomic E-state index is 0.0382. The molecule has 1 saturated heterocycles. The number of nitrogens with zero attached hydrogens (tertiary/aromatic N) is 1. The third-order valence-corrected chi connectivity index (χ3v) is 3.58. The van der Waals surface area contributed by atoms with Crippen LogP contribution in [-0.2, 0) is 0 Å². The molecule has 3 N–H and O–H groups in total. The predicted molar refractivity (Wildman–Crippen MR) is 71.3 cm³/mol. The van der Waals surface area contributed by atoms with Crippen LogP contribution in [0.4, 0.5) is 5.69 Å². The van der Waals surface area contributed by atoms with Gasteiger partial charge in [-0.25, -0.2) is 0 Å². The smallest absolute Gasteiger partial charge is 0.253 e. The van der Waals surface area contributed by atoms with Gasteiger partial charge >= 0.3 is 0 Å². The molecule has 0 aliphatic carbocycles. The maximum absolute atomic E-state index is 12.3. The van der Waals surface area contributed by atoms with Gasteiger partial charge in [0.15, 0.2) is 0 Å². The summed E-state index contributed by atoms with van der Waals surface area (Å²) >= 11 is 0. The average molecular weight is 248 g/mol. The lowest BCUT2D eigenvalue weighted by molar-refractivity contribution is 0.0620. The van der Waals surface area contributed by atoms with Crippen LogP contribution in [0.3, 0.4) is 0 Å². The van der Waals surface area contributed by atoms with Crippen LogP contribution >= 0.6 is 0 Å². The quantitative estimate of drug-likeness (QED) is 0.778. The Morgan fingerprint density at radius 2 is 2.33 bits per heavy atom. The highest BCUT2D eigenvalue weighted by Gasteiger charge is 2.24. The Morgan fingerprint density at radius 3 is 3.00 bits per heavy atom. The van der Waals surface area contributed by atoms with Crippen molar-refractivity contribution in [2.75, 3.05) is 25.4 Å². The zero-order valence-electron chi connectivity index (χ0n) is 10.7. The SMILES string of the molecule is Cc1cc(C(=O)N2CCCC(CO)C2)ccc1N. The highest BCUT2D eigenvalue weighted by atomic mass is 16.3. The van der Waals surface area contributed by atoms with Crippen molar-refractivity contribution in [2.24, 2.45) is 5.92 Å². The molecule has 1 amide bonds. The molecule has 1 aliphatic rings. The summed E-state index contributed by atoms with van der Waals surface area (Å²) in [5.74, 6) is 0.258. The summed E-state index contributed by atoms with van der Waals surface area (Å²) in [6, 6.07) is 5.38. The summed E-state index contributed by atoms with van der Waals surface area (Å²) in [6.07, 6.45) is 1.96. The molecule has 0 aromatic heterocycles. The Labute approximate surface area is 107 Å². The maximum atomic E-state index is 12.3. The molecule has 4 nitrogen and oxygen atoms in total. The maximum Gasteiger partial charge on any atom is 0.253 e. The highest BCUT2D eigenvalue weighted by Crippen LogP contribution is 2.20. The minimum Gasteiger partial charge on any atom is -0.399 e. The van der Waals surface area contributed by atoms with E-state index in [4.69, 9.17) is 5.73 Å². The van der Waals surface area contributed by atoms with Crippen LogP contribution in [0.5, 0.6) is 0 Å². The number of aliphatic hydroxyl groups is 1. The van der Waals surface area contributed by atoms with E-state index in [0.29, 0.717) is 17.8 Å². The van der Waals surface area contributed by atoms with Gasteiger partial charge in [-0.1, -0.05) is 0 Å². The molecule has 18 heavy (non-hydrogen) atoms. The summed E-state index contributed by atoms with van der Waals surface area (Å²) in [6.45, 7) is 3.49. The fourth-order valence-corrected chi connectivity index (χ4v) is 2.39. The van der Waals surface area contributed by atoms with Gasteiger partial charge in [0.1, 0.15) is 0 Å². The Balaban J connectivity index is 2.12. The molecular formula is C14H20N2O2. The molecule has 4 heteroatoms. The zero-order valence-corrected chi connectivity index (χ0v) is 10.7. The van der Waals surface area contributed by atoms with Gasteiger partial charge < -0.3 is 15.7 Å². The van der Waals surface area contributed by atoms with Crippen molar-refractivity contribution >= 4 is 11.6 Å². The molecule has 0 spiro atoms. The number of nitrogens with two attached hydrogens (primary N) is 1. The van der Waals surface area contributed by atoms with Crippen LogP contribution in [0.1, 0.15) is 28.8 Å². The normalized spacial score (nSPS) is 19.9. The molecule has 1 aromatic carbocycles. The van der Waals surface area contributed by atoms with E-state index in [2.05, 4.69) is 0 Å². The van der Waals surface area contributed by atoms with Crippen LogP contribution in [0.2, 0.25) is 0 Å². The largest absolute Gasteiger partial charge is 0.399 e. The lowest BCUT2D eigenvalue weighted by atomic mass is 9.98. The van der Waals surface area contributed by atoms with Crippen molar-refractivity contribution in [1.82, 2.24) is 4.90 Å². The number of hydrogen-bond donors (Lipinski definition) is 2. The van der Waals surface area contributed by atoms with E-state index in [-0.39, 0.29) is 18.4 Å². The molecule has 1 aliphatic heterocycles. The average Bonchev–Trinajstić information content (AvgIpc) is 2.41. The summed E-state index contributed by atoms with van der Waals surface area (Å²) in [4.78, 5) is 14.2. The summed E-state index contributed by atoms with van der Waals surface area (Å²) in [5, 5.41) is 9.19. The number of hydrogen-bond acceptors (Lipinski definition) is 3. The van der Waals surface area contributed by atoms with Gasteiger partial charge in [-0.15, -0.1) is 0 Å². The van der Waals surface area contributed by atoms with Crippen LogP contribution in [-0.4, -0.2) is 35.6 Å². The fourth-order valence-electron chi connectivity index (χ4n) is 2.39. The zero-order chi connectivity index (χ0) is 13.1. The van der Waals surface area contributed by atoms with E-state index in [1.165, 1.54) is 0 Å². The molecule has 1 fully saturated rings. The second-order valence-electron chi connectivity index (χ2n) is 5.01. The molecule has 1 unspecified atom stereocenters. The number of nitrogen functional groups attached to an aromatic ring is 1. The molecule has 0 saturated carbocycles. The first-order valence-corrected chi connectivity index (χ1v) is 6.38. The number of piperidine rings is 1. The van der Waals surface area contributed by atoms with Gasteiger partial charge in [0.05, 0.1) is 0 Å². The second kappa shape index (κ2) is 5.40. The van der Waals surface area contributed by atoms with E-state index in [9.17, 15) is 9.90 Å². The van der Waals surface area contributed by atoms with Gasteiger partial charge in [-0.2, -0.15) is 0 Å². The number of aryl methyl sites for hydroxylation is 1. The number of aliphatic hydroxyl groups excluding tert-OH is 1. The number of carbonyl (C=O) groups excluding carboxylic acids is 1. The number of benzene rings is 1. The predicted octanol–water partition coefficient (Wildman–Crippen LogP) is 1.42. The van der Waals surface area contributed by atoms with Crippen LogP contribution in [0.25, 0.3) is 0 Å². The molecule has 2 rings (SSSR count). The van der Waals surface area contributed by atoms with Crippen LogP contribution in [0, 0.1) is 12.8 Å². The molecule has 98 valence electrons. The third kappa shape index (κ3) is 2.64. The molecule has 0 bridgehead atoms. The molecule has 1 aromatic rings. The Morgan fingerprint density at radius 1 is 1.56 bits per heavy atom. The Kier molecular flexibility index (Phi) is 3.87. The van der Waals surface area contributed by atoms with Crippen molar-refractivity contribution in [3.8, 4) is 0 Å². The van der Waals surface area contributed by atoms with Crippen molar-refractivity contribution in [2.45, 2.75) is 19.8 Å². The van der Waals surface area contributed by atoms with Crippen molar-refractivity contribution < 1.29 is 9.90 Å². The van der Waals surface area contributed by atoms with Gasteiger partial charge in [0, 0.05) is 30.9 Å². The van der Waals surface area contributed by atoms with E-state index in [0.717, 1.165) is 24.9 Å². The van der Waals surface area contributed by atoms with E-state index < -0.39 is 0 Å². The molecule has 0 radical (unpaired) electrons. The van der Waals surface area contributed by atoms with Gasteiger partial charge in [0.25, 0.3) is 5.91 Å². The van der Waals surface area contributed by atoms with E-state index in [1.54, 1.807) is 12.1 Å². The number of anilines is 1. The first-order chi connectivity index (χ1) is 8.61. The summed E-state index contributed by atoms with van der Waals surface area (Å²) in [5.41, 5.74) is 8.07. The number of rotatable bonds is 2. The highest BCUT2D eigenvalue weighted by molar-refractivity contribution is 5.95. The minimum absolute atomic E-state index is 0.0382. The molecule has 1 heterocycles. The van der Waals surface area contributed by atoms with Gasteiger partial charge in [0.2, 0.25) is 0 Å². The lowest BCUT2D eigenvalue weighted by Crippen LogP contribution is -2.40. The third-order valence-electron chi connectivity index (χ3n) is 3.58. The number of likely N-dealkylation sites (tertiary alicyclic amines) is 1. The summed E-state index contributed by atoms with van der Waals surface area (Å²) in [7, 11) is 0. The topological polar surface area (TPSA) is 66.6 Å². The Bertz CT molecular complexity index is 445. The van der Waals surface area contributed by atoms with Crippen LogP contribution < -0.4 is 5.73 Å². The number of amides is 1. The van der Waals surface area contributed by atoms with Crippen molar-refractivity contribution in [3.63, 3.8) is 0 Å². The molecular weight excluding hydrogens is 228 g/mol. The van der Waals surface area contributed by atoms with E-state index >= 15 is 0 Å². The Hall–Kier alpha value is -1.55. The lowest BCUT2D eigenvalue weighted by Gasteiger charge is -2.32. The summed E-state index contributed by atoms with van der Waals surface area (Å²) < 4.78 is 0. The standard InChI is InChI=1S/C14H20N2O2/c1-10-7-12(4-5-13(10)15)14(18)16-6-2-3-11(8-16)9-17/h4-5,7,11,17H,2-3,6,8-9,15H2,1H3. The van der Waals surface area contributed by atoms with Gasteiger partial charge in [-0.05, 0) is 49.4 Å². The molecule has 1 atom stereocenters. The van der Waals surface area contributed by atoms with Crippen molar-refractivity contribution in [3.05, 3.63) is 29.3 Å².